The Morgan fingerprint density at radius 1 is 1.33 bits per heavy atom. The average molecular weight is 214 g/mol. The lowest BCUT2D eigenvalue weighted by Gasteiger charge is -2.07. The van der Waals surface area contributed by atoms with Crippen LogP contribution in [-0.2, 0) is 4.79 Å². The molecule has 86 valence electrons. The van der Waals surface area contributed by atoms with Gasteiger partial charge in [-0.25, -0.2) is 4.79 Å². The first kappa shape index (κ1) is 13.5. The number of hydrogen-bond acceptors (Lipinski definition) is 2. The van der Waals surface area contributed by atoms with Gasteiger partial charge in [0.05, 0.1) is 0 Å². The fourth-order valence-electron chi connectivity index (χ4n) is 0.834. The summed E-state index contributed by atoms with van der Waals surface area (Å²) < 4.78 is 0. The van der Waals surface area contributed by atoms with Crippen molar-refractivity contribution < 1.29 is 14.7 Å². The zero-order valence-electron chi connectivity index (χ0n) is 9.01. The van der Waals surface area contributed by atoms with Gasteiger partial charge >= 0.3 is 12.0 Å². The fourth-order valence-corrected chi connectivity index (χ4v) is 0.834. The predicted molar refractivity (Wildman–Crippen MR) is 57.7 cm³/mol. The molecule has 5 nitrogen and oxygen atoms in total. The van der Waals surface area contributed by atoms with Gasteiger partial charge in [0.2, 0.25) is 0 Å². The third kappa shape index (κ3) is 8.80. The Kier molecular flexibility index (Phi) is 7.05. The number of nitrogens with one attached hydrogen (secondary N) is 2. The van der Waals surface area contributed by atoms with Crippen molar-refractivity contribution in [1.29, 1.82) is 0 Å². The van der Waals surface area contributed by atoms with E-state index < -0.39 is 5.97 Å². The van der Waals surface area contributed by atoms with Crippen molar-refractivity contribution in [1.82, 2.24) is 10.6 Å². The number of rotatable bonds is 7. The number of amides is 2. The van der Waals surface area contributed by atoms with Crippen molar-refractivity contribution in [3.63, 3.8) is 0 Å². The number of carboxylic acids is 1. The molecule has 0 atom stereocenters. The zero-order valence-corrected chi connectivity index (χ0v) is 9.01. The maximum absolute atomic E-state index is 11.1. The summed E-state index contributed by atoms with van der Waals surface area (Å²) in [7, 11) is 0. The predicted octanol–water partition coefficient (Wildman–Crippen LogP) is 1.12. The van der Waals surface area contributed by atoms with Crippen LogP contribution >= 0.6 is 0 Å². The van der Waals surface area contributed by atoms with Crippen LogP contribution in [0.15, 0.2) is 12.2 Å². The average Bonchev–Trinajstić information content (AvgIpc) is 2.20. The summed E-state index contributed by atoms with van der Waals surface area (Å²) in [6, 6.07) is -0.282. The smallest absolute Gasteiger partial charge is 0.315 e. The molecule has 3 N–H and O–H groups in total. The van der Waals surface area contributed by atoms with Crippen LogP contribution in [0.4, 0.5) is 4.79 Å². The van der Waals surface area contributed by atoms with E-state index in [2.05, 4.69) is 17.2 Å². The van der Waals surface area contributed by atoms with Gasteiger partial charge in [-0.2, -0.15) is 0 Å². The van der Waals surface area contributed by atoms with E-state index in [0.29, 0.717) is 19.5 Å². The van der Waals surface area contributed by atoms with Gasteiger partial charge in [-0.15, -0.1) is 0 Å². The molecule has 0 aliphatic rings. The third-order valence-corrected chi connectivity index (χ3v) is 1.85. The molecular formula is C10H18N2O3. The molecular weight excluding hydrogens is 196 g/mol. The van der Waals surface area contributed by atoms with E-state index in [9.17, 15) is 9.59 Å². The summed E-state index contributed by atoms with van der Waals surface area (Å²) >= 11 is 0. The normalized spacial score (nSPS) is 9.40. The summed E-state index contributed by atoms with van der Waals surface area (Å²) in [6.45, 7) is 6.54. The maximum atomic E-state index is 11.1. The number of hydrogen-bond donors (Lipinski definition) is 3. The molecule has 0 heterocycles. The van der Waals surface area contributed by atoms with Crippen molar-refractivity contribution in [2.75, 3.05) is 13.1 Å². The van der Waals surface area contributed by atoms with Gasteiger partial charge in [0.15, 0.2) is 0 Å². The number of urea groups is 1. The molecule has 0 fully saturated rings. The van der Waals surface area contributed by atoms with Crippen molar-refractivity contribution in [2.24, 2.45) is 0 Å². The van der Waals surface area contributed by atoms with Gasteiger partial charge in [0.1, 0.15) is 0 Å². The summed E-state index contributed by atoms with van der Waals surface area (Å²) in [5.41, 5.74) is 0.954. The van der Waals surface area contributed by atoms with Crippen LogP contribution in [0.25, 0.3) is 0 Å². The summed E-state index contributed by atoms with van der Waals surface area (Å²) in [5, 5.41) is 13.5. The highest BCUT2D eigenvalue weighted by Gasteiger charge is 2.00. The second kappa shape index (κ2) is 7.84. The van der Waals surface area contributed by atoms with E-state index in [-0.39, 0.29) is 12.5 Å². The highest BCUT2D eigenvalue weighted by atomic mass is 16.4. The van der Waals surface area contributed by atoms with Crippen LogP contribution in [0, 0.1) is 0 Å². The van der Waals surface area contributed by atoms with Gasteiger partial charge in [0, 0.05) is 19.5 Å². The first-order chi connectivity index (χ1) is 7.06. The number of carbonyl (C=O) groups excluding carboxylic acids is 1. The summed E-state index contributed by atoms with van der Waals surface area (Å²) in [4.78, 5) is 21.3. The molecule has 0 spiro atoms. The zero-order chi connectivity index (χ0) is 11.7. The molecule has 0 radical (unpaired) electrons. The van der Waals surface area contributed by atoms with Crippen LogP contribution in [-0.4, -0.2) is 30.2 Å². The van der Waals surface area contributed by atoms with Gasteiger partial charge in [-0.1, -0.05) is 19.1 Å². The largest absolute Gasteiger partial charge is 0.481 e. The molecule has 0 aromatic carbocycles. The maximum Gasteiger partial charge on any atom is 0.315 e. The molecule has 0 aromatic rings. The Morgan fingerprint density at radius 2 is 2.00 bits per heavy atom. The minimum absolute atomic E-state index is 0.0714. The second-order valence-corrected chi connectivity index (χ2v) is 3.21. The lowest BCUT2D eigenvalue weighted by atomic mass is 10.2. The molecule has 0 aromatic heterocycles. The summed E-state index contributed by atoms with van der Waals surface area (Å²) in [6.07, 6.45) is 1.35. The van der Waals surface area contributed by atoms with E-state index in [1.165, 1.54) is 0 Å². The Bertz CT molecular complexity index is 239. The molecule has 0 aliphatic carbocycles. The number of carbonyl (C=O) groups is 2. The molecule has 2 amide bonds. The quantitative estimate of drug-likeness (QED) is 0.439. The standard InChI is InChI=1S/C10H18N2O3/c1-3-8(2)7-12-10(15)11-6-4-5-9(13)14/h2-7H2,1H3,(H,13,14)(H2,11,12,15). The van der Waals surface area contributed by atoms with E-state index in [1.54, 1.807) is 0 Å². The topological polar surface area (TPSA) is 78.4 Å². The molecule has 0 rings (SSSR count). The first-order valence-electron chi connectivity index (χ1n) is 4.96. The van der Waals surface area contributed by atoms with Crippen LogP contribution in [0.1, 0.15) is 26.2 Å². The first-order valence-corrected chi connectivity index (χ1v) is 4.96. The molecule has 5 heteroatoms. The van der Waals surface area contributed by atoms with Crippen molar-refractivity contribution in [2.45, 2.75) is 26.2 Å². The minimum Gasteiger partial charge on any atom is -0.481 e. The van der Waals surface area contributed by atoms with Gasteiger partial charge in [-0.3, -0.25) is 4.79 Å². The summed E-state index contributed by atoms with van der Waals surface area (Å²) in [5.74, 6) is -0.850. The Morgan fingerprint density at radius 3 is 2.53 bits per heavy atom. The molecule has 0 aliphatic heterocycles. The number of aliphatic carboxylic acids is 1. The van der Waals surface area contributed by atoms with Gasteiger partial charge in [0.25, 0.3) is 0 Å². The Labute approximate surface area is 89.6 Å². The molecule has 0 saturated heterocycles. The second-order valence-electron chi connectivity index (χ2n) is 3.21. The van der Waals surface area contributed by atoms with Crippen LogP contribution in [0.2, 0.25) is 0 Å². The SMILES string of the molecule is C=C(CC)CNC(=O)NCCCC(=O)O. The monoisotopic (exact) mass is 214 g/mol. The van der Waals surface area contributed by atoms with E-state index >= 15 is 0 Å². The Hall–Kier alpha value is -1.52. The Balaban J connectivity index is 3.41. The molecule has 0 saturated carbocycles. The van der Waals surface area contributed by atoms with Crippen molar-refractivity contribution >= 4 is 12.0 Å². The van der Waals surface area contributed by atoms with Crippen LogP contribution < -0.4 is 10.6 Å². The highest BCUT2D eigenvalue weighted by Crippen LogP contribution is 1.92. The minimum atomic E-state index is -0.850. The van der Waals surface area contributed by atoms with Gasteiger partial charge < -0.3 is 15.7 Å². The third-order valence-electron chi connectivity index (χ3n) is 1.85. The lowest BCUT2D eigenvalue weighted by molar-refractivity contribution is -0.137. The molecule has 0 unspecified atom stereocenters. The van der Waals surface area contributed by atoms with E-state index in [1.807, 2.05) is 6.92 Å². The van der Waals surface area contributed by atoms with Crippen molar-refractivity contribution in [3.05, 3.63) is 12.2 Å². The van der Waals surface area contributed by atoms with Crippen LogP contribution in [0.3, 0.4) is 0 Å². The highest BCUT2D eigenvalue weighted by molar-refractivity contribution is 5.74. The van der Waals surface area contributed by atoms with Crippen LogP contribution in [0.5, 0.6) is 0 Å². The molecule has 0 bridgehead atoms. The number of carboxylic acid groups (broad SMARTS) is 1. The van der Waals surface area contributed by atoms with Gasteiger partial charge in [-0.05, 0) is 12.8 Å². The molecule has 15 heavy (non-hydrogen) atoms. The van der Waals surface area contributed by atoms with E-state index in [0.717, 1.165) is 12.0 Å². The lowest BCUT2D eigenvalue weighted by Crippen LogP contribution is -2.37. The fraction of sp³-hybridized carbons (Fsp3) is 0.600. The van der Waals surface area contributed by atoms with E-state index in [4.69, 9.17) is 5.11 Å². The van der Waals surface area contributed by atoms with Crippen molar-refractivity contribution in [3.8, 4) is 0 Å².